The summed E-state index contributed by atoms with van der Waals surface area (Å²) in [5.74, 6) is 2.30. The number of carbonyl (C=O) groups is 1. The zero-order valence-electron chi connectivity index (χ0n) is 12.4. The summed E-state index contributed by atoms with van der Waals surface area (Å²) in [6, 6.07) is 7.71. The highest BCUT2D eigenvalue weighted by molar-refractivity contribution is 5.82. The van der Waals surface area contributed by atoms with E-state index >= 15 is 0 Å². The molecule has 0 aromatic heterocycles. The molecule has 0 spiro atoms. The average molecular weight is 289 g/mol. The van der Waals surface area contributed by atoms with Crippen LogP contribution in [0.3, 0.4) is 0 Å². The molecule has 1 aromatic carbocycles. The predicted molar refractivity (Wildman–Crippen MR) is 80.0 cm³/mol. The maximum atomic E-state index is 12.0. The van der Waals surface area contributed by atoms with Gasteiger partial charge in [-0.05, 0) is 49.3 Å². The highest BCUT2D eigenvalue weighted by Gasteiger charge is 2.56. The van der Waals surface area contributed by atoms with Crippen LogP contribution in [0.2, 0.25) is 0 Å². The standard InChI is InChI=1S/C17H23NO3/c1-11-4-2-5-13(8-11)21-10-12(19)9-18-17(20)16-14-6-3-7-15(14)16/h2,4-5,8,12,14-16,19H,3,6-7,9-10H2,1H3,(H,18,20). The summed E-state index contributed by atoms with van der Waals surface area (Å²) in [5, 5.41) is 12.7. The van der Waals surface area contributed by atoms with Gasteiger partial charge in [0.15, 0.2) is 0 Å². The molecule has 0 saturated heterocycles. The Balaban J connectivity index is 1.36. The number of rotatable bonds is 6. The Kier molecular flexibility index (Phi) is 4.15. The lowest BCUT2D eigenvalue weighted by molar-refractivity contribution is -0.123. The fourth-order valence-electron chi connectivity index (χ4n) is 3.50. The van der Waals surface area contributed by atoms with E-state index in [4.69, 9.17) is 4.74 Å². The molecular formula is C17H23NO3. The molecule has 1 aromatic rings. The quantitative estimate of drug-likeness (QED) is 0.841. The number of aliphatic hydroxyl groups excluding tert-OH is 1. The second-order valence-electron chi connectivity index (χ2n) is 6.31. The van der Waals surface area contributed by atoms with E-state index in [1.165, 1.54) is 19.3 Å². The van der Waals surface area contributed by atoms with Gasteiger partial charge in [0.05, 0.1) is 0 Å². The zero-order chi connectivity index (χ0) is 14.8. The molecule has 2 fully saturated rings. The average Bonchev–Trinajstić information content (AvgIpc) is 2.95. The number of ether oxygens (including phenoxy) is 1. The molecular weight excluding hydrogens is 266 g/mol. The van der Waals surface area contributed by atoms with Crippen LogP contribution in [0.4, 0.5) is 0 Å². The van der Waals surface area contributed by atoms with Gasteiger partial charge < -0.3 is 15.2 Å². The molecule has 0 radical (unpaired) electrons. The first-order chi connectivity index (χ1) is 10.1. The van der Waals surface area contributed by atoms with E-state index in [-0.39, 0.29) is 25.0 Å². The minimum absolute atomic E-state index is 0.110. The molecule has 4 nitrogen and oxygen atoms in total. The molecule has 2 N–H and O–H groups in total. The minimum atomic E-state index is -0.673. The Hall–Kier alpha value is -1.55. The summed E-state index contributed by atoms with van der Waals surface area (Å²) in [6.45, 7) is 2.46. The van der Waals surface area contributed by atoms with Crippen LogP contribution >= 0.6 is 0 Å². The van der Waals surface area contributed by atoms with Crippen LogP contribution < -0.4 is 10.1 Å². The van der Waals surface area contributed by atoms with Crippen molar-refractivity contribution >= 4 is 5.91 Å². The lowest BCUT2D eigenvalue weighted by atomic mass is 10.1. The highest BCUT2D eigenvalue weighted by Crippen LogP contribution is 2.57. The second-order valence-corrected chi connectivity index (χ2v) is 6.31. The van der Waals surface area contributed by atoms with E-state index in [9.17, 15) is 9.90 Å². The molecule has 3 atom stereocenters. The van der Waals surface area contributed by atoms with Crippen LogP contribution in [0.5, 0.6) is 5.75 Å². The number of carbonyl (C=O) groups excluding carboxylic acids is 1. The normalized spacial score (nSPS) is 27.8. The number of hydrogen-bond acceptors (Lipinski definition) is 3. The third-order valence-electron chi connectivity index (χ3n) is 4.65. The van der Waals surface area contributed by atoms with E-state index in [1.807, 2.05) is 31.2 Å². The molecule has 4 heteroatoms. The summed E-state index contributed by atoms with van der Waals surface area (Å²) >= 11 is 0. The van der Waals surface area contributed by atoms with Crippen molar-refractivity contribution < 1.29 is 14.6 Å². The Bertz CT molecular complexity index is 507. The predicted octanol–water partition coefficient (Wildman–Crippen LogP) is 1.90. The maximum absolute atomic E-state index is 12.0. The summed E-state index contributed by atoms with van der Waals surface area (Å²) < 4.78 is 5.53. The van der Waals surface area contributed by atoms with Crippen molar-refractivity contribution in [3.63, 3.8) is 0 Å². The molecule has 0 heterocycles. The Morgan fingerprint density at radius 2 is 2.19 bits per heavy atom. The van der Waals surface area contributed by atoms with Crippen LogP contribution in [0.15, 0.2) is 24.3 Å². The van der Waals surface area contributed by atoms with Gasteiger partial charge in [-0.25, -0.2) is 0 Å². The van der Waals surface area contributed by atoms with Gasteiger partial charge >= 0.3 is 0 Å². The fraction of sp³-hybridized carbons (Fsp3) is 0.588. The van der Waals surface area contributed by atoms with Crippen LogP contribution in [0.1, 0.15) is 24.8 Å². The monoisotopic (exact) mass is 289 g/mol. The van der Waals surface area contributed by atoms with Crippen molar-refractivity contribution in [2.24, 2.45) is 17.8 Å². The van der Waals surface area contributed by atoms with Crippen molar-refractivity contribution in [2.75, 3.05) is 13.2 Å². The molecule has 3 rings (SSSR count). The van der Waals surface area contributed by atoms with Crippen molar-refractivity contribution in [1.82, 2.24) is 5.32 Å². The number of nitrogens with one attached hydrogen (secondary N) is 1. The van der Waals surface area contributed by atoms with E-state index in [0.29, 0.717) is 11.8 Å². The molecule has 0 aliphatic heterocycles. The molecule has 3 unspecified atom stereocenters. The molecule has 21 heavy (non-hydrogen) atoms. The van der Waals surface area contributed by atoms with E-state index < -0.39 is 6.10 Å². The minimum Gasteiger partial charge on any atom is -0.491 e. The van der Waals surface area contributed by atoms with Gasteiger partial charge in [-0.1, -0.05) is 18.6 Å². The SMILES string of the molecule is Cc1cccc(OCC(O)CNC(=O)C2C3CCCC32)c1. The summed E-state index contributed by atoms with van der Waals surface area (Å²) in [5.41, 5.74) is 1.12. The first-order valence-corrected chi connectivity index (χ1v) is 7.80. The fourth-order valence-corrected chi connectivity index (χ4v) is 3.50. The van der Waals surface area contributed by atoms with Crippen LogP contribution in [0, 0.1) is 24.7 Å². The van der Waals surface area contributed by atoms with Gasteiger partial charge in [-0.15, -0.1) is 0 Å². The number of fused-ring (bicyclic) bond motifs is 1. The highest BCUT2D eigenvalue weighted by atomic mass is 16.5. The van der Waals surface area contributed by atoms with Crippen LogP contribution in [-0.4, -0.2) is 30.3 Å². The van der Waals surface area contributed by atoms with Gasteiger partial charge in [0, 0.05) is 12.5 Å². The lowest BCUT2D eigenvalue weighted by Gasteiger charge is -2.14. The Morgan fingerprint density at radius 3 is 2.90 bits per heavy atom. The van der Waals surface area contributed by atoms with Gasteiger partial charge in [-0.3, -0.25) is 4.79 Å². The van der Waals surface area contributed by atoms with Crippen molar-refractivity contribution in [3.05, 3.63) is 29.8 Å². The molecule has 2 saturated carbocycles. The largest absolute Gasteiger partial charge is 0.491 e. The molecule has 2 aliphatic rings. The third kappa shape index (κ3) is 3.38. The first kappa shape index (κ1) is 14.4. The van der Waals surface area contributed by atoms with E-state index in [1.54, 1.807) is 0 Å². The van der Waals surface area contributed by atoms with E-state index in [2.05, 4.69) is 5.32 Å². The van der Waals surface area contributed by atoms with Crippen LogP contribution in [-0.2, 0) is 4.79 Å². The van der Waals surface area contributed by atoms with Crippen LogP contribution in [0.25, 0.3) is 0 Å². The third-order valence-corrected chi connectivity index (χ3v) is 4.65. The number of aryl methyl sites for hydroxylation is 1. The van der Waals surface area contributed by atoms with Crippen molar-refractivity contribution in [3.8, 4) is 5.75 Å². The second kappa shape index (κ2) is 6.06. The summed E-state index contributed by atoms with van der Waals surface area (Å²) in [6.07, 6.45) is 2.99. The Morgan fingerprint density at radius 1 is 1.43 bits per heavy atom. The topological polar surface area (TPSA) is 58.6 Å². The van der Waals surface area contributed by atoms with Gasteiger partial charge in [0.2, 0.25) is 5.91 Å². The molecule has 2 aliphatic carbocycles. The number of benzene rings is 1. The summed E-state index contributed by atoms with van der Waals surface area (Å²) in [4.78, 5) is 12.0. The van der Waals surface area contributed by atoms with Gasteiger partial charge in [-0.2, -0.15) is 0 Å². The zero-order valence-corrected chi connectivity index (χ0v) is 12.4. The number of hydrogen-bond donors (Lipinski definition) is 2. The first-order valence-electron chi connectivity index (χ1n) is 7.80. The smallest absolute Gasteiger partial charge is 0.223 e. The van der Waals surface area contributed by atoms with Gasteiger partial charge in [0.25, 0.3) is 0 Å². The van der Waals surface area contributed by atoms with Gasteiger partial charge in [0.1, 0.15) is 18.5 Å². The van der Waals surface area contributed by atoms with Crippen molar-refractivity contribution in [1.29, 1.82) is 0 Å². The summed E-state index contributed by atoms with van der Waals surface area (Å²) in [7, 11) is 0. The van der Waals surface area contributed by atoms with E-state index in [0.717, 1.165) is 11.3 Å². The Labute approximate surface area is 125 Å². The molecule has 0 bridgehead atoms. The lowest BCUT2D eigenvalue weighted by Crippen LogP contribution is -2.36. The molecule has 1 amide bonds. The van der Waals surface area contributed by atoms with Crippen molar-refractivity contribution in [2.45, 2.75) is 32.3 Å². The maximum Gasteiger partial charge on any atom is 0.223 e. The number of amides is 1. The molecule has 114 valence electrons. The number of aliphatic hydroxyl groups is 1.